The summed E-state index contributed by atoms with van der Waals surface area (Å²) in [6.45, 7) is 0.812. The number of nitrogens with zero attached hydrogens (tertiary/aromatic N) is 1. The van der Waals surface area contributed by atoms with E-state index in [4.69, 9.17) is 14.6 Å². The summed E-state index contributed by atoms with van der Waals surface area (Å²) in [5.41, 5.74) is 3.21. The highest BCUT2D eigenvalue weighted by molar-refractivity contribution is 6.00. The molecule has 1 aliphatic heterocycles. The van der Waals surface area contributed by atoms with Crippen molar-refractivity contribution in [1.82, 2.24) is 4.90 Å². The summed E-state index contributed by atoms with van der Waals surface area (Å²) in [4.78, 5) is 24.7. The molecule has 0 saturated heterocycles. The maximum atomic E-state index is 12.3. The number of rotatable bonds is 4. The van der Waals surface area contributed by atoms with Gasteiger partial charge < -0.3 is 30.1 Å². The van der Waals surface area contributed by atoms with Crippen LogP contribution in [0.2, 0.25) is 0 Å². The first kappa shape index (κ1) is 18.4. The second-order valence-electron chi connectivity index (χ2n) is 6.09. The molecule has 3 amide bonds. The van der Waals surface area contributed by atoms with Crippen molar-refractivity contribution >= 4 is 23.5 Å². The number of fused-ring (bicyclic) bond motifs is 1. The van der Waals surface area contributed by atoms with Gasteiger partial charge in [-0.15, -0.1) is 0 Å². The Kier molecular flexibility index (Phi) is 5.35. The SMILES string of the molecule is COc1ccc(NC(=O)Nc2ccc3c(c2)CCN(C(=O)O)C3)cc1OC. The quantitative estimate of drug-likeness (QED) is 0.765. The molecule has 0 unspecified atom stereocenters. The smallest absolute Gasteiger partial charge is 0.407 e. The van der Waals surface area contributed by atoms with Crippen LogP contribution in [0.1, 0.15) is 11.1 Å². The third-order valence-corrected chi connectivity index (χ3v) is 4.39. The Hall–Kier alpha value is -3.42. The molecule has 8 nitrogen and oxygen atoms in total. The molecule has 0 fully saturated rings. The van der Waals surface area contributed by atoms with E-state index >= 15 is 0 Å². The van der Waals surface area contributed by atoms with Crippen molar-refractivity contribution in [2.24, 2.45) is 0 Å². The van der Waals surface area contributed by atoms with Crippen molar-refractivity contribution in [3.8, 4) is 11.5 Å². The fourth-order valence-electron chi connectivity index (χ4n) is 3.00. The average molecular weight is 371 g/mol. The number of benzene rings is 2. The van der Waals surface area contributed by atoms with Gasteiger partial charge in [0, 0.05) is 30.5 Å². The fraction of sp³-hybridized carbons (Fsp3) is 0.263. The third-order valence-electron chi connectivity index (χ3n) is 4.39. The predicted molar refractivity (Wildman–Crippen MR) is 101 cm³/mol. The van der Waals surface area contributed by atoms with Gasteiger partial charge in [0.25, 0.3) is 0 Å². The van der Waals surface area contributed by atoms with E-state index in [-0.39, 0.29) is 6.03 Å². The number of methoxy groups -OCH3 is 2. The molecule has 1 aliphatic rings. The standard InChI is InChI=1S/C19H21N3O5/c1-26-16-6-5-15(10-17(16)27-2)21-18(23)20-14-4-3-13-11-22(19(24)25)8-7-12(13)9-14/h3-6,9-10H,7-8,11H2,1-2H3,(H,24,25)(H2,20,21,23). The van der Waals surface area contributed by atoms with Crippen LogP contribution in [0.15, 0.2) is 36.4 Å². The maximum absolute atomic E-state index is 12.3. The molecule has 0 radical (unpaired) electrons. The number of anilines is 2. The van der Waals surface area contributed by atoms with E-state index < -0.39 is 6.09 Å². The van der Waals surface area contributed by atoms with E-state index in [2.05, 4.69) is 10.6 Å². The summed E-state index contributed by atoms with van der Waals surface area (Å²) < 4.78 is 10.4. The van der Waals surface area contributed by atoms with Crippen molar-refractivity contribution in [1.29, 1.82) is 0 Å². The van der Waals surface area contributed by atoms with E-state index in [1.165, 1.54) is 12.0 Å². The normalized spacial score (nSPS) is 12.7. The average Bonchev–Trinajstić information content (AvgIpc) is 2.67. The molecule has 27 heavy (non-hydrogen) atoms. The van der Waals surface area contributed by atoms with Crippen LogP contribution in [0.5, 0.6) is 11.5 Å². The van der Waals surface area contributed by atoms with E-state index in [0.717, 1.165) is 11.1 Å². The van der Waals surface area contributed by atoms with Gasteiger partial charge in [0.05, 0.1) is 14.2 Å². The van der Waals surface area contributed by atoms with Crippen molar-refractivity contribution in [3.05, 3.63) is 47.5 Å². The Balaban J connectivity index is 1.66. The molecule has 0 aromatic heterocycles. The molecule has 0 bridgehead atoms. The van der Waals surface area contributed by atoms with Gasteiger partial charge in [0.15, 0.2) is 11.5 Å². The second kappa shape index (κ2) is 7.86. The minimum absolute atomic E-state index is 0.364. The molecule has 1 heterocycles. The number of ether oxygens (including phenoxy) is 2. The summed E-state index contributed by atoms with van der Waals surface area (Å²) >= 11 is 0. The van der Waals surface area contributed by atoms with Crippen LogP contribution in [0.25, 0.3) is 0 Å². The molecule has 8 heteroatoms. The van der Waals surface area contributed by atoms with E-state index in [0.29, 0.717) is 42.4 Å². The molecular weight excluding hydrogens is 350 g/mol. The summed E-state index contributed by atoms with van der Waals surface area (Å²) in [6.07, 6.45) is -0.300. The lowest BCUT2D eigenvalue weighted by Crippen LogP contribution is -2.34. The highest BCUT2D eigenvalue weighted by Gasteiger charge is 2.20. The second-order valence-corrected chi connectivity index (χ2v) is 6.09. The molecule has 3 N–H and O–H groups in total. The summed E-state index contributed by atoms with van der Waals surface area (Å²) in [5.74, 6) is 1.10. The number of amides is 3. The Bertz CT molecular complexity index is 868. The fourth-order valence-corrected chi connectivity index (χ4v) is 3.00. The first-order valence-electron chi connectivity index (χ1n) is 8.40. The van der Waals surface area contributed by atoms with Crippen molar-refractivity contribution in [2.75, 3.05) is 31.4 Å². The lowest BCUT2D eigenvalue weighted by Gasteiger charge is -2.26. The Labute approximate surface area is 156 Å². The topological polar surface area (TPSA) is 100 Å². The Morgan fingerprint density at radius 2 is 1.63 bits per heavy atom. The molecule has 0 saturated carbocycles. The molecule has 0 aliphatic carbocycles. The lowest BCUT2D eigenvalue weighted by molar-refractivity contribution is 0.140. The Morgan fingerprint density at radius 1 is 0.963 bits per heavy atom. The van der Waals surface area contributed by atoms with Crippen molar-refractivity contribution in [2.45, 2.75) is 13.0 Å². The summed E-state index contributed by atoms with van der Waals surface area (Å²) in [6, 6.07) is 10.2. The van der Waals surface area contributed by atoms with E-state index in [9.17, 15) is 9.59 Å². The van der Waals surface area contributed by atoms with E-state index in [1.54, 1.807) is 31.4 Å². The Morgan fingerprint density at radius 3 is 2.30 bits per heavy atom. The molecule has 0 atom stereocenters. The van der Waals surface area contributed by atoms with Gasteiger partial charge in [0.2, 0.25) is 0 Å². The van der Waals surface area contributed by atoms with Crippen LogP contribution in [-0.4, -0.2) is 42.9 Å². The highest BCUT2D eigenvalue weighted by atomic mass is 16.5. The number of carbonyl (C=O) groups excluding carboxylic acids is 1. The first-order chi connectivity index (χ1) is 13.0. The van der Waals surface area contributed by atoms with Gasteiger partial charge in [-0.2, -0.15) is 0 Å². The molecule has 142 valence electrons. The number of carboxylic acid groups (broad SMARTS) is 1. The van der Waals surface area contributed by atoms with Crippen LogP contribution < -0.4 is 20.1 Å². The van der Waals surface area contributed by atoms with E-state index in [1.807, 2.05) is 12.1 Å². The maximum Gasteiger partial charge on any atom is 0.407 e. The van der Waals surface area contributed by atoms with Gasteiger partial charge in [-0.3, -0.25) is 0 Å². The first-order valence-corrected chi connectivity index (χ1v) is 8.40. The highest BCUT2D eigenvalue weighted by Crippen LogP contribution is 2.30. The van der Waals surface area contributed by atoms with Crippen LogP contribution in [0.4, 0.5) is 21.0 Å². The monoisotopic (exact) mass is 371 g/mol. The van der Waals surface area contributed by atoms with Crippen molar-refractivity contribution < 1.29 is 24.2 Å². The minimum Gasteiger partial charge on any atom is -0.493 e. The zero-order valence-corrected chi connectivity index (χ0v) is 15.1. The molecular formula is C19H21N3O5. The van der Waals surface area contributed by atoms with Gasteiger partial charge in [-0.1, -0.05) is 6.07 Å². The van der Waals surface area contributed by atoms with Crippen LogP contribution in [0.3, 0.4) is 0 Å². The van der Waals surface area contributed by atoms with Gasteiger partial charge in [-0.05, 0) is 41.8 Å². The molecule has 3 rings (SSSR count). The predicted octanol–water partition coefficient (Wildman–Crippen LogP) is 3.38. The number of urea groups is 1. The van der Waals surface area contributed by atoms with Crippen LogP contribution >= 0.6 is 0 Å². The summed E-state index contributed by atoms with van der Waals surface area (Å²) in [5, 5.41) is 14.6. The zero-order chi connectivity index (χ0) is 19.4. The lowest BCUT2D eigenvalue weighted by atomic mass is 9.99. The van der Waals surface area contributed by atoms with Gasteiger partial charge in [0.1, 0.15) is 0 Å². The zero-order valence-electron chi connectivity index (χ0n) is 15.1. The molecule has 2 aromatic carbocycles. The molecule has 2 aromatic rings. The third kappa shape index (κ3) is 4.22. The van der Waals surface area contributed by atoms with Gasteiger partial charge in [-0.25, -0.2) is 9.59 Å². The summed E-state index contributed by atoms with van der Waals surface area (Å²) in [7, 11) is 3.07. The largest absolute Gasteiger partial charge is 0.493 e. The number of nitrogens with one attached hydrogen (secondary N) is 2. The molecule has 0 spiro atoms. The number of carbonyl (C=O) groups is 2. The van der Waals surface area contributed by atoms with Crippen molar-refractivity contribution in [3.63, 3.8) is 0 Å². The number of hydrogen-bond donors (Lipinski definition) is 3. The minimum atomic E-state index is -0.919. The van der Waals surface area contributed by atoms with Gasteiger partial charge >= 0.3 is 12.1 Å². The number of hydrogen-bond acceptors (Lipinski definition) is 4. The van der Waals surface area contributed by atoms with Crippen LogP contribution in [-0.2, 0) is 13.0 Å². The van der Waals surface area contributed by atoms with Crippen LogP contribution in [0, 0.1) is 0 Å².